The molecule has 0 aromatic carbocycles. The Morgan fingerprint density at radius 1 is 1.50 bits per heavy atom. The molecule has 0 saturated carbocycles. The maximum absolute atomic E-state index is 11.9. The van der Waals surface area contributed by atoms with Crippen molar-refractivity contribution in [2.24, 2.45) is 17.3 Å². The first-order valence-corrected chi connectivity index (χ1v) is 5.33. The third kappa shape index (κ3) is 2.14. The smallest absolute Gasteiger partial charge is 0.159 e. The lowest BCUT2D eigenvalue weighted by molar-refractivity contribution is -0.122. The van der Waals surface area contributed by atoms with Gasteiger partial charge in [-0.3, -0.25) is 4.79 Å². The maximum atomic E-state index is 11.9. The van der Waals surface area contributed by atoms with Crippen molar-refractivity contribution in [3.8, 4) is 0 Å². The Hall–Kier alpha value is -0.850. The lowest BCUT2D eigenvalue weighted by atomic mass is 9.66. The summed E-state index contributed by atoms with van der Waals surface area (Å²) in [5, 5.41) is 0. The molecule has 1 rings (SSSR count). The van der Waals surface area contributed by atoms with Crippen LogP contribution in [-0.4, -0.2) is 5.78 Å². The maximum Gasteiger partial charge on any atom is 0.159 e. The summed E-state index contributed by atoms with van der Waals surface area (Å²) in [6.45, 7) is 8.35. The summed E-state index contributed by atoms with van der Waals surface area (Å²) in [7, 11) is 0. The first-order chi connectivity index (χ1) is 6.49. The van der Waals surface area contributed by atoms with E-state index >= 15 is 0 Å². The Labute approximate surface area is 86.9 Å². The van der Waals surface area contributed by atoms with Crippen LogP contribution >= 0.6 is 0 Å². The second-order valence-corrected chi connectivity index (χ2v) is 4.82. The summed E-state index contributed by atoms with van der Waals surface area (Å²) in [4.78, 5) is 11.9. The molecular formula is C13H20O. The molecule has 0 aromatic heterocycles. The van der Waals surface area contributed by atoms with Crippen molar-refractivity contribution in [2.45, 2.75) is 34.1 Å². The number of carbonyl (C=O) groups excluding carboxylic acids is 1. The normalized spacial score (nSPS) is 30.9. The summed E-state index contributed by atoms with van der Waals surface area (Å²) < 4.78 is 0. The topological polar surface area (TPSA) is 17.1 Å². The van der Waals surface area contributed by atoms with Crippen LogP contribution in [0.3, 0.4) is 0 Å². The molecule has 0 N–H and O–H groups in total. The first-order valence-electron chi connectivity index (χ1n) is 5.33. The van der Waals surface area contributed by atoms with Crippen LogP contribution in [0.5, 0.6) is 0 Å². The van der Waals surface area contributed by atoms with Gasteiger partial charge in [0.1, 0.15) is 0 Å². The number of rotatable bonds is 2. The van der Waals surface area contributed by atoms with E-state index in [0.717, 1.165) is 6.42 Å². The molecule has 0 amide bonds. The molecule has 1 aliphatic rings. The Morgan fingerprint density at radius 3 is 2.64 bits per heavy atom. The second-order valence-electron chi connectivity index (χ2n) is 4.82. The summed E-state index contributed by atoms with van der Waals surface area (Å²) >= 11 is 0. The summed E-state index contributed by atoms with van der Waals surface area (Å²) in [5.41, 5.74) is 0.00819. The Morgan fingerprint density at radius 2 is 2.14 bits per heavy atom. The fourth-order valence-corrected chi connectivity index (χ4v) is 2.47. The average Bonchev–Trinajstić information content (AvgIpc) is 2.02. The van der Waals surface area contributed by atoms with Crippen LogP contribution in [-0.2, 0) is 4.79 Å². The highest BCUT2D eigenvalue weighted by atomic mass is 16.1. The van der Waals surface area contributed by atoms with Gasteiger partial charge < -0.3 is 0 Å². The van der Waals surface area contributed by atoms with E-state index in [4.69, 9.17) is 0 Å². The van der Waals surface area contributed by atoms with E-state index in [0.29, 0.717) is 5.92 Å². The highest BCUT2D eigenvalue weighted by Gasteiger charge is 2.37. The summed E-state index contributed by atoms with van der Waals surface area (Å²) in [5.74, 6) is 0.872. The van der Waals surface area contributed by atoms with E-state index in [1.807, 2.05) is 13.0 Å². The van der Waals surface area contributed by atoms with Crippen LogP contribution in [0.2, 0.25) is 0 Å². The monoisotopic (exact) mass is 192 g/mol. The van der Waals surface area contributed by atoms with Crippen LogP contribution in [0.25, 0.3) is 0 Å². The van der Waals surface area contributed by atoms with Gasteiger partial charge in [0.05, 0.1) is 0 Å². The molecule has 0 heterocycles. The van der Waals surface area contributed by atoms with E-state index in [1.165, 1.54) is 0 Å². The molecule has 0 aromatic rings. The average molecular weight is 192 g/mol. The lowest BCUT2D eigenvalue weighted by Crippen LogP contribution is -2.36. The number of allylic oxidation sites excluding steroid dienone is 4. The second kappa shape index (κ2) is 4.12. The molecule has 0 radical (unpaired) electrons. The van der Waals surface area contributed by atoms with Gasteiger partial charge in [0.25, 0.3) is 0 Å². The number of hydrogen-bond acceptors (Lipinski definition) is 1. The molecule has 2 unspecified atom stereocenters. The van der Waals surface area contributed by atoms with Crippen molar-refractivity contribution in [3.63, 3.8) is 0 Å². The molecule has 0 bridgehead atoms. The first kappa shape index (κ1) is 11.2. The molecule has 0 spiro atoms. The molecule has 78 valence electrons. The van der Waals surface area contributed by atoms with Crippen molar-refractivity contribution in [1.82, 2.24) is 0 Å². The van der Waals surface area contributed by atoms with Crippen LogP contribution in [0.15, 0.2) is 24.3 Å². The van der Waals surface area contributed by atoms with Crippen molar-refractivity contribution in [1.29, 1.82) is 0 Å². The molecule has 0 fully saturated rings. The Balaban J connectivity index is 2.93. The van der Waals surface area contributed by atoms with Crippen molar-refractivity contribution < 1.29 is 4.79 Å². The minimum absolute atomic E-state index is 0.00819. The zero-order valence-corrected chi connectivity index (χ0v) is 9.58. The quantitative estimate of drug-likeness (QED) is 0.484. The zero-order valence-electron chi connectivity index (χ0n) is 9.58. The van der Waals surface area contributed by atoms with Crippen LogP contribution < -0.4 is 0 Å². The highest BCUT2D eigenvalue weighted by Crippen LogP contribution is 2.40. The molecule has 1 nitrogen and oxygen atoms in total. The summed E-state index contributed by atoms with van der Waals surface area (Å²) in [6, 6.07) is 0. The molecule has 14 heavy (non-hydrogen) atoms. The molecular weight excluding hydrogens is 172 g/mol. The Bertz CT molecular complexity index is 271. The fourth-order valence-electron chi connectivity index (χ4n) is 2.47. The molecule has 2 atom stereocenters. The van der Waals surface area contributed by atoms with Crippen LogP contribution in [0.4, 0.5) is 0 Å². The standard InChI is InChI=1S/C13H20O/c1-5-7-11(14)12-10(2)8-6-9-13(12,3)4/h5-7,9-10,12H,8H2,1-4H3. The number of ketones is 1. The van der Waals surface area contributed by atoms with Crippen LogP contribution in [0.1, 0.15) is 34.1 Å². The predicted molar refractivity (Wildman–Crippen MR) is 60.0 cm³/mol. The molecule has 1 heteroatoms. The van der Waals surface area contributed by atoms with E-state index in [1.54, 1.807) is 6.08 Å². The minimum Gasteiger partial charge on any atom is -0.295 e. The van der Waals surface area contributed by atoms with Crippen molar-refractivity contribution in [2.75, 3.05) is 0 Å². The molecule has 0 saturated heterocycles. The van der Waals surface area contributed by atoms with Gasteiger partial charge in [0.15, 0.2) is 5.78 Å². The van der Waals surface area contributed by atoms with Gasteiger partial charge in [-0.25, -0.2) is 0 Å². The van der Waals surface area contributed by atoms with Crippen molar-refractivity contribution in [3.05, 3.63) is 24.3 Å². The zero-order chi connectivity index (χ0) is 10.8. The third-order valence-electron chi connectivity index (χ3n) is 3.06. The SMILES string of the molecule is CC=CC(=O)C1C(C)CC=CC1(C)C. The van der Waals surface area contributed by atoms with Gasteiger partial charge in [-0.05, 0) is 30.8 Å². The minimum atomic E-state index is 0.00819. The Kier molecular flexibility index (Phi) is 3.30. The molecule has 1 aliphatic carbocycles. The predicted octanol–water partition coefficient (Wildman–Crippen LogP) is 3.37. The van der Waals surface area contributed by atoms with Gasteiger partial charge in [0, 0.05) is 5.92 Å². The third-order valence-corrected chi connectivity index (χ3v) is 3.06. The number of carbonyl (C=O) groups is 1. The van der Waals surface area contributed by atoms with E-state index < -0.39 is 0 Å². The molecule has 0 aliphatic heterocycles. The van der Waals surface area contributed by atoms with Gasteiger partial charge in [0.2, 0.25) is 0 Å². The van der Waals surface area contributed by atoms with Gasteiger partial charge >= 0.3 is 0 Å². The fraction of sp³-hybridized carbons (Fsp3) is 0.615. The summed E-state index contributed by atoms with van der Waals surface area (Å²) in [6.07, 6.45) is 8.95. The van der Waals surface area contributed by atoms with E-state index in [-0.39, 0.29) is 17.1 Å². The number of hydrogen-bond donors (Lipinski definition) is 0. The van der Waals surface area contributed by atoms with Gasteiger partial charge in [-0.2, -0.15) is 0 Å². The van der Waals surface area contributed by atoms with E-state index in [9.17, 15) is 4.79 Å². The van der Waals surface area contributed by atoms with Crippen LogP contribution in [0, 0.1) is 17.3 Å². The van der Waals surface area contributed by atoms with E-state index in [2.05, 4.69) is 32.9 Å². The largest absolute Gasteiger partial charge is 0.295 e. The lowest BCUT2D eigenvalue weighted by Gasteiger charge is -2.37. The van der Waals surface area contributed by atoms with Gasteiger partial charge in [-0.15, -0.1) is 0 Å². The highest BCUT2D eigenvalue weighted by molar-refractivity contribution is 5.92. The van der Waals surface area contributed by atoms with Gasteiger partial charge in [-0.1, -0.05) is 39.0 Å². The van der Waals surface area contributed by atoms with Crippen molar-refractivity contribution >= 4 is 5.78 Å².